The molecule has 1 fully saturated rings. The van der Waals surface area contributed by atoms with Gasteiger partial charge in [0.1, 0.15) is 6.04 Å². The van der Waals surface area contributed by atoms with E-state index in [1.165, 1.54) is 0 Å². The van der Waals surface area contributed by atoms with Crippen molar-refractivity contribution in [2.75, 3.05) is 6.54 Å². The molecule has 14 heavy (non-hydrogen) atoms. The van der Waals surface area contributed by atoms with Gasteiger partial charge in [0.25, 0.3) is 0 Å². The first kappa shape index (κ1) is 9.27. The van der Waals surface area contributed by atoms with E-state index in [2.05, 4.69) is 5.32 Å². The van der Waals surface area contributed by atoms with Crippen LogP contribution in [0.5, 0.6) is 0 Å². The molecule has 0 saturated carbocycles. The standard InChI is InChI=1S/C10H13N2O2/c13-10(14)8-4-3-7-12(8)9-5-1-2-6-11-9/h1-2,5-6,8,11H,3-4,7H2,(H,13,14). The lowest BCUT2D eigenvalue weighted by Gasteiger charge is -2.28. The molecule has 4 heteroatoms. The molecule has 0 aromatic rings. The molecule has 2 rings (SSSR count). The molecule has 1 radical (unpaired) electrons. The Balaban J connectivity index is 2.05. The number of nitrogens with one attached hydrogen (secondary N) is 1. The van der Waals surface area contributed by atoms with E-state index in [1.807, 2.05) is 29.3 Å². The second-order valence-corrected chi connectivity index (χ2v) is 3.44. The van der Waals surface area contributed by atoms with Gasteiger partial charge in [0.2, 0.25) is 0 Å². The second-order valence-electron chi connectivity index (χ2n) is 3.44. The summed E-state index contributed by atoms with van der Waals surface area (Å²) < 4.78 is 0. The van der Waals surface area contributed by atoms with E-state index in [0.29, 0.717) is 0 Å². The molecule has 1 atom stereocenters. The number of carbonyl (C=O) groups is 1. The molecule has 4 nitrogen and oxygen atoms in total. The van der Waals surface area contributed by atoms with Crippen molar-refractivity contribution < 1.29 is 9.90 Å². The smallest absolute Gasteiger partial charge is 0.321 e. The van der Waals surface area contributed by atoms with Crippen LogP contribution < -0.4 is 5.32 Å². The zero-order valence-corrected chi connectivity index (χ0v) is 7.81. The van der Waals surface area contributed by atoms with Crippen molar-refractivity contribution in [3.8, 4) is 0 Å². The van der Waals surface area contributed by atoms with Crippen molar-refractivity contribution >= 4 is 5.97 Å². The van der Waals surface area contributed by atoms with Crippen LogP contribution in [0.1, 0.15) is 12.8 Å². The zero-order chi connectivity index (χ0) is 9.97. The third-order valence-electron chi connectivity index (χ3n) is 2.54. The van der Waals surface area contributed by atoms with Gasteiger partial charge in [-0.25, -0.2) is 0 Å². The molecular formula is C10H13N2O2. The molecule has 0 amide bonds. The fraction of sp³-hybridized carbons (Fsp3) is 0.400. The lowest BCUT2D eigenvalue weighted by Crippen LogP contribution is -2.43. The van der Waals surface area contributed by atoms with Crippen molar-refractivity contribution in [1.82, 2.24) is 10.2 Å². The number of allylic oxidation sites excluding steroid dienone is 2. The van der Waals surface area contributed by atoms with Crippen LogP contribution in [-0.4, -0.2) is 28.6 Å². The predicted molar refractivity (Wildman–Crippen MR) is 52.0 cm³/mol. The SMILES string of the molecule is O=C(O)C1CCCN1[C]1C=CC=CN1. The monoisotopic (exact) mass is 193 g/mol. The molecule has 2 heterocycles. The molecule has 1 unspecified atom stereocenters. The average molecular weight is 193 g/mol. The Labute approximate surface area is 82.9 Å². The molecule has 2 N–H and O–H groups in total. The fourth-order valence-electron chi connectivity index (χ4n) is 1.87. The molecule has 1 saturated heterocycles. The minimum atomic E-state index is -0.736. The molecule has 75 valence electrons. The summed E-state index contributed by atoms with van der Waals surface area (Å²) in [6.45, 7) is 0.817. The number of hydrogen-bond acceptors (Lipinski definition) is 3. The number of rotatable bonds is 2. The second kappa shape index (κ2) is 3.84. The Bertz CT molecular complexity index is 286. The number of dihydropyridines is 1. The van der Waals surface area contributed by atoms with E-state index < -0.39 is 5.97 Å². The maximum absolute atomic E-state index is 10.9. The highest BCUT2D eigenvalue weighted by Crippen LogP contribution is 2.24. The number of carboxylic acids is 1. The van der Waals surface area contributed by atoms with E-state index >= 15 is 0 Å². The van der Waals surface area contributed by atoms with Gasteiger partial charge in [0.05, 0.1) is 0 Å². The molecular weight excluding hydrogens is 180 g/mol. The van der Waals surface area contributed by atoms with Gasteiger partial charge < -0.3 is 10.4 Å². The first-order chi connectivity index (χ1) is 6.79. The van der Waals surface area contributed by atoms with Gasteiger partial charge in [-0.15, -0.1) is 0 Å². The van der Waals surface area contributed by atoms with Crippen molar-refractivity contribution in [2.45, 2.75) is 18.9 Å². The molecule has 2 aliphatic heterocycles. The van der Waals surface area contributed by atoms with Gasteiger partial charge in [-0.05, 0) is 31.2 Å². The van der Waals surface area contributed by atoms with Crippen LogP contribution in [-0.2, 0) is 4.79 Å². The largest absolute Gasteiger partial charge is 0.480 e. The highest BCUT2D eigenvalue weighted by molar-refractivity contribution is 5.74. The fourth-order valence-corrected chi connectivity index (χ4v) is 1.87. The summed E-state index contributed by atoms with van der Waals surface area (Å²) in [6, 6.07) is -0.367. The van der Waals surface area contributed by atoms with Gasteiger partial charge in [-0.3, -0.25) is 9.69 Å². The van der Waals surface area contributed by atoms with Crippen molar-refractivity contribution in [2.24, 2.45) is 0 Å². The summed E-state index contributed by atoms with van der Waals surface area (Å²) in [6.07, 6.45) is 10.1. The third kappa shape index (κ3) is 1.65. The normalized spacial score (nSPS) is 27.9. The van der Waals surface area contributed by atoms with Gasteiger partial charge in [-0.2, -0.15) is 0 Å². The summed E-state index contributed by atoms with van der Waals surface area (Å²) in [5.41, 5.74) is 0. The minimum absolute atomic E-state index is 0.367. The van der Waals surface area contributed by atoms with E-state index in [4.69, 9.17) is 5.11 Å². The topological polar surface area (TPSA) is 52.6 Å². The first-order valence-corrected chi connectivity index (χ1v) is 4.75. The van der Waals surface area contributed by atoms with E-state index in [1.54, 1.807) is 0 Å². The molecule has 0 aromatic carbocycles. The Morgan fingerprint density at radius 3 is 3.07 bits per heavy atom. The minimum Gasteiger partial charge on any atom is -0.480 e. The summed E-state index contributed by atoms with van der Waals surface area (Å²) in [5, 5.41) is 12.0. The lowest BCUT2D eigenvalue weighted by molar-refractivity contribution is -0.141. The predicted octanol–water partition coefficient (Wildman–Crippen LogP) is 0.698. The van der Waals surface area contributed by atoms with Crippen LogP contribution in [0.15, 0.2) is 24.4 Å². The zero-order valence-electron chi connectivity index (χ0n) is 7.81. The molecule has 0 bridgehead atoms. The Hall–Kier alpha value is -1.29. The van der Waals surface area contributed by atoms with Gasteiger partial charge in [0.15, 0.2) is 6.17 Å². The Morgan fingerprint density at radius 1 is 1.57 bits per heavy atom. The molecule has 0 spiro atoms. The summed E-state index contributed by atoms with van der Waals surface area (Å²) in [4.78, 5) is 12.8. The van der Waals surface area contributed by atoms with Crippen LogP contribution >= 0.6 is 0 Å². The number of aliphatic carboxylic acids is 1. The lowest BCUT2D eigenvalue weighted by atomic mass is 10.2. The summed E-state index contributed by atoms with van der Waals surface area (Å²) in [7, 11) is 0. The van der Waals surface area contributed by atoms with Crippen LogP contribution in [0.4, 0.5) is 0 Å². The maximum Gasteiger partial charge on any atom is 0.321 e. The quantitative estimate of drug-likeness (QED) is 0.677. The Kier molecular flexibility index (Phi) is 2.54. The van der Waals surface area contributed by atoms with E-state index in [9.17, 15) is 4.79 Å². The molecule has 2 aliphatic rings. The van der Waals surface area contributed by atoms with Crippen LogP contribution in [0.25, 0.3) is 0 Å². The maximum atomic E-state index is 10.9. The van der Waals surface area contributed by atoms with Crippen molar-refractivity contribution in [3.63, 3.8) is 0 Å². The molecule has 0 aromatic heterocycles. The molecule has 0 aliphatic carbocycles. The number of carboxylic acid groups (broad SMARTS) is 1. The van der Waals surface area contributed by atoms with Crippen LogP contribution in [0.2, 0.25) is 0 Å². The summed E-state index contributed by atoms with van der Waals surface area (Å²) in [5.74, 6) is -0.736. The van der Waals surface area contributed by atoms with Crippen molar-refractivity contribution in [3.05, 3.63) is 30.6 Å². The summed E-state index contributed by atoms with van der Waals surface area (Å²) >= 11 is 0. The number of hydrogen-bond donors (Lipinski definition) is 2. The highest BCUT2D eigenvalue weighted by atomic mass is 16.4. The Morgan fingerprint density at radius 2 is 2.43 bits per heavy atom. The first-order valence-electron chi connectivity index (χ1n) is 4.75. The van der Waals surface area contributed by atoms with Gasteiger partial charge in [-0.1, -0.05) is 6.08 Å². The highest BCUT2D eigenvalue weighted by Gasteiger charge is 2.34. The van der Waals surface area contributed by atoms with Gasteiger partial charge >= 0.3 is 5.97 Å². The van der Waals surface area contributed by atoms with Gasteiger partial charge in [0, 0.05) is 6.54 Å². The van der Waals surface area contributed by atoms with E-state index in [0.717, 1.165) is 25.6 Å². The van der Waals surface area contributed by atoms with Crippen molar-refractivity contribution in [1.29, 1.82) is 0 Å². The van der Waals surface area contributed by atoms with E-state index in [-0.39, 0.29) is 6.04 Å². The van der Waals surface area contributed by atoms with Crippen LogP contribution in [0, 0.1) is 6.17 Å². The number of nitrogens with zero attached hydrogens (tertiary/aromatic N) is 1. The number of likely N-dealkylation sites (tertiary alicyclic amines) is 1. The average Bonchev–Trinajstić information content (AvgIpc) is 2.67. The van der Waals surface area contributed by atoms with Crippen LogP contribution in [0.3, 0.4) is 0 Å². The third-order valence-corrected chi connectivity index (χ3v) is 2.54.